The van der Waals surface area contributed by atoms with Gasteiger partial charge in [0.2, 0.25) is 0 Å². The smallest absolute Gasteiger partial charge is 0.121 e. The molecule has 1 atom stereocenters. The zero-order valence-corrected chi connectivity index (χ0v) is 10.9. The molecule has 2 aromatic rings. The van der Waals surface area contributed by atoms with Crippen molar-refractivity contribution in [2.45, 2.75) is 11.8 Å². The average Bonchev–Trinajstić information content (AvgIpc) is 2.59. The zero-order chi connectivity index (χ0) is 10.1. The number of fused-ring (bicyclic) bond motifs is 1. The minimum atomic E-state index is 0.246. The third-order valence-corrected chi connectivity index (χ3v) is 4.36. The maximum Gasteiger partial charge on any atom is 0.121 e. The van der Waals surface area contributed by atoms with Crippen LogP contribution >= 0.6 is 31.9 Å². The van der Waals surface area contributed by atoms with Crippen molar-refractivity contribution >= 4 is 42.9 Å². The van der Waals surface area contributed by atoms with E-state index in [9.17, 15) is 0 Å². The van der Waals surface area contributed by atoms with Crippen molar-refractivity contribution in [3.8, 4) is 0 Å². The van der Waals surface area contributed by atoms with E-state index in [4.69, 9.17) is 0 Å². The largest absolute Gasteiger partial charge is 0.341 e. The number of H-pyrrole nitrogens is 1. The molecule has 2 nitrogen and oxygen atoms in total. The molecule has 0 spiro atoms. The van der Waals surface area contributed by atoms with Gasteiger partial charge in [0.05, 0.1) is 15.9 Å². The van der Waals surface area contributed by atoms with E-state index in [0.29, 0.717) is 0 Å². The van der Waals surface area contributed by atoms with Gasteiger partial charge in [-0.15, -0.1) is 0 Å². The summed E-state index contributed by atoms with van der Waals surface area (Å²) in [7, 11) is 0. The van der Waals surface area contributed by atoms with E-state index in [1.165, 1.54) is 5.56 Å². The van der Waals surface area contributed by atoms with E-state index in [-0.39, 0.29) is 4.83 Å². The van der Waals surface area contributed by atoms with Crippen LogP contribution in [-0.4, -0.2) is 15.3 Å². The van der Waals surface area contributed by atoms with E-state index in [1.54, 1.807) is 0 Å². The van der Waals surface area contributed by atoms with Gasteiger partial charge in [0.1, 0.15) is 5.82 Å². The highest BCUT2D eigenvalue weighted by Crippen LogP contribution is 2.24. The van der Waals surface area contributed by atoms with E-state index >= 15 is 0 Å². The lowest BCUT2D eigenvalue weighted by Gasteiger charge is -1.98. The molecule has 1 unspecified atom stereocenters. The molecule has 14 heavy (non-hydrogen) atoms. The fourth-order valence-electron chi connectivity index (χ4n) is 1.36. The number of aromatic amines is 1. The number of benzene rings is 1. The van der Waals surface area contributed by atoms with Crippen LogP contribution in [-0.2, 0) is 0 Å². The number of hydrogen-bond donors (Lipinski definition) is 1. The lowest BCUT2D eigenvalue weighted by atomic mass is 10.2. The molecule has 1 aromatic carbocycles. The van der Waals surface area contributed by atoms with Crippen molar-refractivity contribution in [3.05, 3.63) is 29.6 Å². The van der Waals surface area contributed by atoms with Crippen molar-refractivity contribution in [3.63, 3.8) is 0 Å². The highest BCUT2D eigenvalue weighted by molar-refractivity contribution is 9.12. The lowest BCUT2D eigenvalue weighted by Crippen LogP contribution is -1.92. The summed E-state index contributed by atoms with van der Waals surface area (Å²) < 4.78 is 0. The Labute approximate surface area is 99.4 Å². The molecule has 0 bridgehead atoms. The van der Waals surface area contributed by atoms with E-state index in [1.807, 2.05) is 6.07 Å². The second kappa shape index (κ2) is 4.03. The molecule has 0 saturated carbocycles. The molecule has 1 N–H and O–H groups in total. The molecular formula is C10H10Br2N2. The summed E-state index contributed by atoms with van der Waals surface area (Å²) in [6.45, 7) is 2.08. The number of nitrogens with one attached hydrogen (secondary N) is 1. The molecule has 0 saturated heterocycles. The Hall–Kier alpha value is -0.350. The van der Waals surface area contributed by atoms with Gasteiger partial charge in [0.25, 0.3) is 0 Å². The predicted octanol–water partition coefficient (Wildman–Crippen LogP) is 3.70. The molecule has 0 amide bonds. The van der Waals surface area contributed by atoms with Gasteiger partial charge >= 0.3 is 0 Å². The molecule has 0 aliphatic rings. The summed E-state index contributed by atoms with van der Waals surface area (Å²) in [4.78, 5) is 8.04. The predicted molar refractivity (Wildman–Crippen MR) is 66.3 cm³/mol. The molecule has 4 heteroatoms. The molecule has 0 radical (unpaired) electrons. The van der Waals surface area contributed by atoms with Crippen molar-refractivity contribution in [2.24, 2.45) is 0 Å². The van der Waals surface area contributed by atoms with Gasteiger partial charge in [-0.1, -0.05) is 37.9 Å². The Balaban J connectivity index is 2.51. The van der Waals surface area contributed by atoms with Gasteiger partial charge in [0.15, 0.2) is 0 Å². The van der Waals surface area contributed by atoms with Gasteiger partial charge in [-0.2, -0.15) is 0 Å². The fraction of sp³-hybridized carbons (Fsp3) is 0.300. The summed E-state index contributed by atoms with van der Waals surface area (Å²) in [5.41, 5.74) is 3.37. The third kappa shape index (κ3) is 1.86. The minimum absolute atomic E-state index is 0.246. The summed E-state index contributed by atoms with van der Waals surface area (Å²) in [5, 5.41) is 0.853. The van der Waals surface area contributed by atoms with Crippen molar-refractivity contribution in [1.29, 1.82) is 0 Å². The topological polar surface area (TPSA) is 28.7 Å². The highest BCUT2D eigenvalue weighted by atomic mass is 79.9. The van der Waals surface area contributed by atoms with Gasteiger partial charge < -0.3 is 4.98 Å². The molecule has 0 fully saturated rings. The summed E-state index contributed by atoms with van der Waals surface area (Å²) in [6, 6.07) is 6.22. The number of hydrogen-bond acceptors (Lipinski definition) is 1. The first-order valence-electron chi connectivity index (χ1n) is 4.37. The van der Waals surface area contributed by atoms with Crippen LogP contribution in [0.1, 0.15) is 16.2 Å². The maximum atomic E-state index is 4.49. The first-order valence-corrected chi connectivity index (χ1v) is 6.40. The standard InChI is InChI=1S/C10H10Br2N2/c1-6-2-3-8-9(4-6)14-10(13-8)7(12)5-11/h2-4,7H,5H2,1H3,(H,13,14). The van der Waals surface area contributed by atoms with E-state index in [0.717, 1.165) is 22.2 Å². The van der Waals surface area contributed by atoms with Crippen LogP contribution in [0.5, 0.6) is 0 Å². The van der Waals surface area contributed by atoms with Crippen LogP contribution in [0.25, 0.3) is 11.0 Å². The van der Waals surface area contributed by atoms with Crippen molar-refractivity contribution in [1.82, 2.24) is 9.97 Å². The normalized spacial score (nSPS) is 13.4. The molecule has 1 heterocycles. The zero-order valence-electron chi connectivity index (χ0n) is 7.72. The number of aromatic nitrogens is 2. The Kier molecular flexibility index (Phi) is 2.93. The van der Waals surface area contributed by atoms with Gasteiger partial charge in [-0.3, -0.25) is 0 Å². The Morgan fingerprint density at radius 1 is 1.50 bits per heavy atom. The van der Waals surface area contributed by atoms with Crippen LogP contribution in [0, 0.1) is 6.92 Å². The summed E-state index contributed by atoms with van der Waals surface area (Å²) in [5.74, 6) is 0.975. The molecule has 2 rings (SSSR count). The Bertz CT molecular complexity index is 450. The first-order chi connectivity index (χ1) is 6.70. The van der Waals surface area contributed by atoms with Crippen LogP contribution < -0.4 is 0 Å². The monoisotopic (exact) mass is 316 g/mol. The molecule has 1 aromatic heterocycles. The molecule has 0 aliphatic heterocycles. The third-order valence-electron chi connectivity index (χ3n) is 2.09. The Morgan fingerprint density at radius 2 is 2.29 bits per heavy atom. The van der Waals surface area contributed by atoms with Crippen molar-refractivity contribution in [2.75, 3.05) is 5.33 Å². The second-order valence-corrected chi connectivity index (χ2v) is 5.02. The highest BCUT2D eigenvalue weighted by Gasteiger charge is 2.10. The number of alkyl halides is 2. The number of halogens is 2. The van der Waals surface area contributed by atoms with Crippen LogP contribution in [0.3, 0.4) is 0 Å². The maximum absolute atomic E-state index is 4.49. The average molecular weight is 318 g/mol. The molecule has 0 aliphatic carbocycles. The van der Waals surface area contributed by atoms with E-state index in [2.05, 4.69) is 60.9 Å². The van der Waals surface area contributed by atoms with Crippen LogP contribution in [0.4, 0.5) is 0 Å². The lowest BCUT2D eigenvalue weighted by molar-refractivity contribution is 1.01. The minimum Gasteiger partial charge on any atom is -0.341 e. The SMILES string of the molecule is Cc1ccc2nc(C(Br)CBr)[nH]c2c1. The van der Waals surface area contributed by atoms with Crippen LogP contribution in [0.15, 0.2) is 18.2 Å². The summed E-state index contributed by atoms with van der Waals surface area (Å²) >= 11 is 6.96. The first kappa shape index (κ1) is 10.2. The van der Waals surface area contributed by atoms with Gasteiger partial charge in [-0.05, 0) is 24.6 Å². The number of rotatable bonds is 2. The number of aryl methyl sites for hydroxylation is 1. The second-order valence-electron chi connectivity index (χ2n) is 3.26. The number of nitrogens with zero attached hydrogens (tertiary/aromatic N) is 1. The van der Waals surface area contributed by atoms with E-state index < -0.39 is 0 Å². The number of imidazole rings is 1. The fourth-order valence-corrected chi connectivity index (χ4v) is 1.89. The molecule has 74 valence electrons. The Morgan fingerprint density at radius 3 is 3.00 bits per heavy atom. The summed E-state index contributed by atoms with van der Waals surface area (Å²) in [6.07, 6.45) is 0. The molecular weight excluding hydrogens is 308 g/mol. The van der Waals surface area contributed by atoms with Gasteiger partial charge in [-0.25, -0.2) is 4.98 Å². The van der Waals surface area contributed by atoms with Crippen LogP contribution in [0.2, 0.25) is 0 Å². The quantitative estimate of drug-likeness (QED) is 0.841. The van der Waals surface area contributed by atoms with Crippen molar-refractivity contribution < 1.29 is 0 Å². The van der Waals surface area contributed by atoms with Gasteiger partial charge in [0, 0.05) is 5.33 Å².